The van der Waals surface area contributed by atoms with E-state index in [1.165, 1.54) is 24.2 Å². The maximum Gasteiger partial charge on any atom is 0.252 e. The first-order valence-corrected chi connectivity index (χ1v) is 9.68. The van der Waals surface area contributed by atoms with E-state index in [0.717, 1.165) is 11.4 Å². The fourth-order valence-corrected chi connectivity index (χ4v) is 5.63. The maximum absolute atomic E-state index is 12.7. The van der Waals surface area contributed by atoms with Gasteiger partial charge >= 0.3 is 0 Å². The van der Waals surface area contributed by atoms with Crippen molar-refractivity contribution in [1.82, 2.24) is 9.62 Å². The Morgan fingerprint density at radius 3 is 2.57 bits per heavy atom. The second-order valence-corrected chi connectivity index (χ2v) is 9.29. The quantitative estimate of drug-likeness (QED) is 0.894. The van der Waals surface area contributed by atoms with Crippen molar-refractivity contribution in [3.05, 3.63) is 17.0 Å². The molecule has 5 nitrogen and oxygen atoms in total. The van der Waals surface area contributed by atoms with Crippen molar-refractivity contribution in [3.8, 4) is 0 Å². The first-order chi connectivity index (χ1) is 9.95. The largest absolute Gasteiger partial charge is 0.373 e. The minimum atomic E-state index is -3.39. The smallest absolute Gasteiger partial charge is 0.252 e. The molecule has 1 N–H and O–H groups in total. The van der Waals surface area contributed by atoms with Crippen LogP contribution in [0.4, 0.5) is 0 Å². The summed E-state index contributed by atoms with van der Waals surface area (Å²) in [4.78, 5) is 1.08. The third-order valence-electron chi connectivity index (χ3n) is 3.76. The third kappa shape index (κ3) is 3.65. The summed E-state index contributed by atoms with van der Waals surface area (Å²) in [6.07, 6.45) is 2.36. The molecule has 1 aromatic heterocycles. The van der Waals surface area contributed by atoms with Crippen LogP contribution >= 0.6 is 11.3 Å². The molecule has 0 aromatic carbocycles. The summed E-state index contributed by atoms with van der Waals surface area (Å²) in [5.74, 6) is 0. The van der Waals surface area contributed by atoms with Crippen LogP contribution in [0.1, 0.15) is 31.6 Å². The summed E-state index contributed by atoms with van der Waals surface area (Å²) in [6, 6.07) is 4.28. The number of rotatable bonds is 5. The lowest BCUT2D eigenvalue weighted by Gasteiger charge is -2.34. The fourth-order valence-electron chi connectivity index (χ4n) is 2.58. The van der Waals surface area contributed by atoms with Gasteiger partial charge in [0.1, 0.15) is 4.21 Å². The number of morpholine rings is 1. The second kappa shape index (κ2) is 5.96. The predicted molar refractivity (Wildman–Crippen MR) is 82.9 cm³/mol. The van der Waals surface area contributed by atoms with Crippen molar-refractivity contribution in [2.24, 2.45) is 0 Å². The molecule has 0 radical (unpaired) electrons. The van der Waals surface area contributed by atoms with Gasteiger partial charge < -0.3 is 10.1 Å². The Balaban J connectivity index is 1.71. The van der Waals surface area contributed by atoms with Gasteiger partial charge in [-0.2, -0.15) is 4.31 Å². The van der Waals surface area contributed by atoms with Gasteiger partial charge in [-0.15, -0.1) is 11.3 Å². The first-order valence-electron chi connectivity index (χ1n) is 7.43. The molecular formula is C14H22N2O3S2. The second-order valence-electron chi connectivity index (χ2n) is 5.96. The van der Waals surface area contributed by atoms with Crippen LogP contribution in [-0.2, 0) is 21.3 Å². The molecule has 2 heterocycles. The molecule has 0 spiro atoms. The zero-order valence-corrected chi connectivity index (χ0v) is 14.0. The van der Waals surface area contributed by atoms with Crippen molar-refractivity contribution >= 4 is 21.4 Å². The Hall–Kier alpha value is -0.470. The summed E-state index contributed by atoms with van der Waals surface area (Å²) >= 11 is 1.37. The summed E-state index contributed by atoms with van der Waals surface area (Å²) in [5, 5.41) is 3.41. The van der Waals surface area contributed by atoms with Gasteiger partial charge in [-0.1, -0.05) is 0 Å². The van der Waals surface area contributed by atoms with E-state index in [1.807, 2.05) is 19.9 Å². The zero-order chi connectivity index (χ0) is 15.0. The molecule has 0 amide bonds. The van der Waals surface area contributed by atoms with Gasteiger partial charge in [0, 0.05) is 30.6 Å². The highest BCUT2D eigenvalue weighted by atomic mass is 32.2. The summed E-state index contributed by atoms with van der Waals surface area (Å²) < 4.78 is 33.0. The molecule has 1 aliphatic heterocycles. The Morgan fingerprint density at radius 2 is 1.95 bits per heavy atom. The van der Waals surface area contributed by atoms with E-state index >= 15 is 0 Å². The van der Waals surface area contributed by atoms with E-state index in [0.29, 0.717) is 23.3 Å². The van der Waals surface area contributed by atoms with Crippen molar-refractivity contribution in [2.45, 2.75) is 55.7 Å². The van der Waals surface area contributed by atoms with Gasteiger partial charge in [-0.25, -0.2) is 8.42 Å². The lowest BCUT2D eigenvalue weighted by molar-refractivity contribution is -0.0440. The molecule has 7 heteroatoms. The molecule has 0 bridgehead atoms. The van der Waals surface area contributed by atoms with E-state index in [9.17, 15) is 8.42 Å². The van der Waals surface area contributed by atoms with E-state index < -0.39 is 10.0 Å². The van der Waals surface area contributed by atoms with E-state index in [-0.39, 0.29) is 12.2 Å². The van der Waals surface area contributed by atoms with E-state index in [4.69, 9.17) is 4.74 Å². The van der Waals surface area contributed by atoms with Gasteiger partial charge in [0.25, 0.3) is 10.0 Å². The molecule has 1 saturated carbocycles. The van der Waals surface area contributed by atoms with Crippen LogP contribution in [-0.4, -0.2) is 44.1 Å². The van der Waals surface area contributed by atoms with Crippen LogP contribution in [0, 0.1) is 0 Å². The monoisotopic (exact) mass is 330 g/mol. The van der Waals surface area contributed by atoms with Crippen LogP contribution in [0.15, 0.2) is 16.3 Å². The van der Waals surface area contributed by atoms with Gasteiger partial charge in [0.05, 0.1) is 12.2 Å². The van der Waals surface area contributed by atoms with Gasteiger partial charge in [-0.05, 0) is 38.8 Å². The molecule has 1 aliphatic carbocycles. The number of sulfonamides is 1. The minimum absolute atomic E-state index is 0.0560. The lowest BCUT2D eigenvalue weighted by atomic mass is 10.3. The molecule has 2 aliphatic rings. The highest BCUT2D eigenvalue weighted by Crippen LogP contribution is 2.28. The highest BCUT2D eigenvalue weighted by molar-refractivity contribution is 7.91. The molecule has 1 saturated heterocycles. The summed E-state index contributed by atoms with van der Waals surface area (Å²) in [7, 11) is -3.39. The molecule has 1 aromatic rings. The number of hydrogen-bond acceptors (Lipinski definition) is 5. The van der Waals surface area contributed by atoms with E-state index in [2.05, 4.69) is 5.32 Å². The summed E-state index contributed by atoms with van der Waals surface area (Å²) in [5.41, 5.74) is 0. The minimum Gasteiger partial charge on any atom is -0.373 e. The Bertz CT molecular complexity index is 585. The number of hydrogen-bond donors (Lipinski definition) is 1. The van der Waals surface area contributed by atoms with E-state index in [1.54, 1.807) is 10.4 Å². The molecule has 2 atom stereocenters. The fraction of sp³-hybridized carbons (Fsp3) is 0.714. The van der Waals surface area contributed by atoms with Gasteiger partial charge in [0.2, 0.25) is 0 Å². The number of thiophene rings is 1. The van der Waals surface area contributed by atoms with Gasteiger partial charge in [0.15, 0.2) is 0 Å². The average molecular weight is 330 g/mol. The standard InChI is InChI=1S/C14H22N2O3S2/c1-10-8-16(9-11(2)19-10)21(17,18)14-6-5-13(20-14)7-15-12-3-4-12/h5-6,10-12,15H,3-4,7-9H2,1-2H3. The lowest BCUT2D eigenvalue weighted by Crippen LogP contribution is -2.47. The maximum atomic E-state index is 12.7. The van der Waals surface area contributed by atoms with Crippen molar-refractivity contribution < 1.29 is 13.2 Å². The van der Waals surface area contributed by atoms with Crippen molar-refractivity contribution in [1.29, 1.82) is 0 Å². The summed E-state index contributed by atoms with van der Waals surface area (Å²) in [6.45, 7) is 5.45. The normalized spacial score (nSPS) is 27.9. The van der Waals surface area contributed by atoms with Crippen LogP contribution in [0.2, 0.25) is 0 Å². The molecule has 2 fully saturated rings. The molecular weight excluding hydrogens is 308 g/mol. The molecule has 118 valence electrons. The SMILES string of the molecule is CC1CN(S(=O)(=O)c2ccc(CNC3CC3)s2)CC(C)O1. The topological polar surface area (TPSA) is 58.6 Å². The Morgan fingerprint density at radius 1 is 1.29 bits per heavy atom. The number of nitrogens with zero attached hydrogens (tertiary/aromatic N) is 1. The van der Waals surface area contributed by atoms with Crippen molar-refractivity contribution in [2.75, 3.05) is 13.1 Å². The Kier molecular flexibility index (Phi) is 4.38. The van der Waals surface area contributed by atoms with Gasteiger partial charge in [-0.3, -0.25) is 0 Å². The molecule has 3 rings (SSSR count). The number of nitrogens with one attached hydrogen (secondary N) is 1. The molecule has 21 heavy (non-hydrogen) atoms. The first kappa shape index (κ1) is 15.4. The molecule has 2 unspecified atom stereocenters. The third-order valence-corrected chi connectivity index (χ3v) is 7.14. The van der Waals surface area contributed by atoms with Crippen LogP contribution in [0.5, 0.6) is 0 Å². The zero-order valence-electron chi connectivity index (χ0n) is 12.4. The van der Waals surface area contributed by atoms with Crippen LogP contribution in [0.25, 0.3) is 0 Å². The average Bonchev–Trinajstić information content (AvgIpc) is 3.11. The Labute approximate surface area is 130 Å². The van der Waals surface area contributed by atoms with Crippen molar-refractivity contribution in [3.63, 3.8) is 0 Å². The predicted octanol–water partition coefficient (Wildman–Crippen LogP) is 1.80. The van der Waals surface area contributed by atoms with Crippen LogP contribution in [0.3, 0.4) is 0 Å². The number of ether oxygens (including phenoxy) is 1. The highest BCUT2D eigenvalue weighted by Gasteiger charge is 2.33. The van der Waals surface area contributed by atoms with Crippen LogP contribution < -0.4 is 5.32 Å².